The summed E-state index contributed by atoms with van der Waals surface area (Å²) in [5, 5.41) is 7.51. The fourth-order valence-electron chi connectivity index (χ4n) is 2.60. The first-order valence-electron chi connectivity index (χ1n) is 8.26. The van der Waals surface area contributed by atoms with Crippen LogP contribution >= 0.6 is 11.8 Å². The molecule has 27 heavy (non-hydrogen) atoms. The fourth-order valence-corrected chi connectivity index (χ4v) is 3.73. The van der Waals surface area contributed by atoms with E-state index in [1.165, 1.54) is 17.8 Å². The van der Waals surface area contributed by atoms with Gasteiger partial charge >= 0.3 is 6.03 Å². The molecule has 1 aliphatic heterocycles. The molecule has 6 nitrogen and oxygen atoms in total. The molecule has 140 valence electrons. The zero-order chi connectivity index (χ0) is 19.4. The van der Waals surface area contributed by atoms with Gasteiger partial charge in [-0.25, -0.2) is 9.18 Å². The number of rotatable bonds is 6. The molecule has 0 unspecified atom stereocenters. The molecule has 3 rings (SSSR count). The van der Waals surface area contributed by atoms with Crippen molar-refractivity contribution >= 4 is 29.6 Å². The predicted molar refractivity (Wildman–Crippen MR) is 99.8 cm³/mol. The molecule has 8 heteroatoms. The third-order valence-corrected chi connectivity index (χ3v) is 5.55. The molecule has 0 spiro atoms. The van der Waals surface area contributed by atoms with E-state index in [2.05, 4.69) is 16.0 Å². The van der Waals surface area contributed by atoms with Gasteiger partial charge in [0, 0.05) is 22.8 Å². The zero-order valence-corrected chi connectivity index (χ0v) is 15.4. The van der Waals surface area contributed by atoms with Crippen LogP contribution in [0.5, 0.6) is 0 Å². The van der Waals surface area contributed by atoms with Crippen LogP contribution in [0.4, 0.5) is 9.18 Å². The number of thioether (sulfide) groups is 1. The van der Waals surface area contributed by atoms with Crippen LogP contribution < -0.4 is 16.0 Å². The van der Waals surface area contributed by atoms with Crippen molar-refractivity contribution in [1.29, 1.82) is 0 Å². The van der Waals surface area contributed by atoms with Gasteiger partial charge in [0.2, 0.25) is 0 Å². The van der Waals surface area contributed by atoms with Gasteiger partial charge in [-0.15, -0.1) is 11.8 Å². The molecule has 2 aromatic rings. The Morgan fingerprint density at radius 1 is 1.15 bits per heavy atom. The van der Waals surface area contributed by atoms with Gasteiger partial charge in [-0.1, -0.05) is 30.3 Å². The maximum Gasteiger partial charge on any atom is 0.322 e. The summed E-state index contributed by atoms with van der Waals surface area (Å²) in [7, 11) is 0. The first-order chi connectivity index (χ1) is 12.9. The van der Waals surface area contributed by atoms with Crippen molar-refractivity contribution in [3.8, 4) is 0 Å². The van der Waals surface area contributed by atoms with Crippen LogP contribution in [0, 0.1) is 5.82 Å². The lowest BCUT2D eigenvalue weighted by molar-refractivity contribution is -0.122. The van der Waals surface area contributed by atoms with Gasteiger partial charge in [-0.2, -0.15) is 0 Å². The van der Waals surface area contributed by atoms with E-state index < -0.39 is 17.5 Å². The minimum absolute atomic E-state index is 0.0701. The van der Waals surface area contributed by atoms with Crippen LogP contribution in [-0.2, 0) is 11.3 Å². The van der Waals surface area contributed by atoms with Gasteiger partial charge in [0.15, 0.2) is 0 Å². The minimum atomic E-state index is -1.04. The molecular formula is C19H18FN3O3S. The number of nitrogens with one attached hydrogen (secondary N) is 3. The summed E-state index contributed by atoms with van der Waals surface area (Å²) in [4.78, 5) is 36.5. The largest absolute Gasteiger partial charge is 0.348 e. The number of hydrogen-bond donors (Lipinski definition) is 3. The molecule has 4 amide bonds. The van der Waals surface area contributed by atoms with Gasteiger partial charge in [0.1, 0.15) is 11.4 Å². The Morgan fingerprint density at radius 3 is 2.56 bits per heavy atom. The highest BCUT2D eigenvalue weighted by molar-refractivity contribution is 7.99. The number of halogens is 1. The van der Waals surface area contributed by atoms with Gasteiger partial charge in [-0.3, -0.25) is 14.9 Å². The van der Waals surface area contributed by atoms with Crippen molar-refractivity contribution in [3.63, 3.8) is 0 Å². The molecular weight excluding hydrogens is 369 g/mol. The van der Waals surface area contributed by atoms with E-state index in [0.717, 1.165) is 0 Å². The first kappa shape index (κ1) is 18.9. The van der Waals surface area contributed by atoms with E-state index in [1.807, 2.05) is 0 Å². The maximum absolute atomic E-state index is 13.7. The molecule has 1 heterocycles. The lowest BCUT2D eigenvalue weighted by Gasteiger charge is -2.20. The molecule has 0 aliphatic carbocycles. The second-order valence-corrected chi connectivity index (χ2v) is 7.32. The van der Waals surface area contributed by atoms with E-state index >= 15 is 0 Å². The molecule has 0 aromatic heterocycles. The molecule has 1 saturated heterocycles. The lowest BCUT2D eigenvalue weighted by Crippen LogP contribution is -2.46. The molecule has 0 radical (unpaired) electrons. The summed E-state index contributed by atoms with van der Waals surface area (Å²) in [6.07, 6.45) is 0. The molecule has 2 aromatic carbocycles. The summed E-state index contributed by atoms with van der Waals surface area (Å²) >= 11 is 1.29. The average Bonchev–Trinajstić information content (AvgIpc) is 2.91. The van der Waals surface area contributed by atoms with Gasteiger partial charge in [0.25, 0.3) is 11.8 Å². The first-order valence-corrected chi connectivity index (χ1v) is 9.25. The molecule has 0 saturated carbocycles. The van der Waals surface area contributed by atoms with E-state index in [-0.39, 0.29) is 24.0 Å². The topological polar surface area (TPSA) is 87.3 Å². The molecule has 3 N–H and O–H groups in total. The Morgan fingerprint density at radius 2 is 1.85 bits per heavy atom. The minimum Gasteiger partial charge on any atom is -0.348 e. The van der Waals surface area contributed by atoms with E-state index in [4.69, 9.17) is 0 Å². The number of imide groups is 1. The van der Waals surface area contributed by atoms with Crippen LogP contribution in [0.3, 0.4) is 0 Å². The quantitative estimate of drug-likeness (QED) is 0.525. The van der Waals surface area contributed by atoms with Crippen molar-refractivity contribution in [2.75, 3.05) is 5.75 Å². The molecule has 1 fully saturated rings. The second-order valence-electron chi connectivity index (χ2n) is 6.30. The molecule has 1 atom stereocenters. The van der Waals surface area contributed by atoms with Crippen LogP contribution in [0.2, 0.25) is 0 Å². The van der Waals surface area contributed by atoms with Gasteiger partial charge in [-0.05, 0) is 25.1 Å². The standard InChI is InChI=1S/C19H18FN3O3S/c1-19(17(25)22-18(26)23-19)11-27-15-9-5-3-7-13(15)16(24)21-10-12-6-2-4-8-14(12)20/h2-9H,10-11H2,1H3,(H,21,24)(H2,22,23,25,26)/t19-/m1/s1. The van der Waals surface area contributed by atoms with Gasteiger partial charge in [0.05, 0.1) is 5.56 Å². The van der Waals surface area contributed by atoms with Crippen molar-refractivity contribution in [2.24, 2.45) is 0 Å². The Kier molecular flexibility index (Phi) is 5.46. The molecule has 0 bridgehead atoms. The normalized spacial score (nSPS) is 18.7. The SMILES string of the molecule is C[C@]1(CSc2ccccc2C(=O)NCc2ccccc2F)NC(=O)NC1=O. The fraction of sp³-hybridized carbons (Fsp3) is 0.211. The van der Waals surface area contributed by atoms with Crippen LogP contribution in [0.25, 0.3) is 0 Å². The Balaban J connectivity index is 1.68. The Hall–Kier alpha value is -2.87. The number of carbonyl (C=O) groups is 3. The zero-order valence-electron chi connectivity index (χ0n) is 14.5. The lowest BCUT2D eigenvalue weighted by atomic mass is 10.1. The summed E-state index contributed by atoms with van der Waals surface area (Å²) in [5.41, 5.74) is -0.223. The van der Waals surface area contributed by atoms with Crippen LogP contribution in [0.15, 0.2) is 53.4 Å². The van der Waals surface area contributed by atoms with Crippen LogP contribution in [0.1, 0.15) is 22.8 Å². The predicted octanol–water partition coefficient (Wildman–Crippen LogP) is 2.45. The van der Waals surface area contributed by atoms with Crippen LogP contribution in [-0.4, -0.2) is 29.1 Å². The third kappa shape index (κ3) is 4.28. The Labute approximate surface area is 159 Å². The van der Waals surface area contributed by atoms with Crippen molar-refractivity contribution in [3.05, 3.63) is 65.5 Å². The van der Waals surface area contributed by atoms with E-state index in [0.29, 0.717) is 16.0 Å². The summed E-state index contributed by atoms with van der Waals surface area (Å²) in [5.74, 6) is -0.855. The highest BCUT2D eigenvalue weighted by atomic mass is 32.2. The monoisotopic (exact) mass is 387 g/mol. The number of carbonyl (C=O) groups excluding carboxylic acids is 3. The van der Waals surface area contributed by atoms with Crippen molar-refractivity contribution in [2.45, 2.75) is 23.9 Å². The number of hydrogen-bond acceptors (Lipinski definition) is 4. The summed E-state index contributed by atoms with van der Waals surface area (Å²) in [6, 6.07) is 12.7. The Bertz CT molecular complexity index is 905. The van der Waals surface area contributed by atoms with Crippen molar-refractivity contribution < 1.29 is 18.8 Å². The molecule has 1 aliphatic rings. The van der Waals surface area contributed by atoms with E-state index in [9.17, 15) is 18.8 Å². The third-order valence-electron chi connectivity index (χ3n) is 4.16. The highest BCUT2D eigenvalue weighted by Crippen LogP contribution is 2.27. The highest BCUT2D eigenvalue weighted by Gasteiger charge is 2.41. The average molecular weight is 387 g/mol. The number of amides is 4. The maximum atomic E-state index is 13.7. The summed E-state index contributed by atoms with van der Waals surface area (Å²) in [6.45, 7) is 1.70. The van der Waals surface area contributed by atoms with E-state index in [1.54, 1.807) is 49.4 Å². The van der Waals surface area contributed by atoms with Gasteiger partial charge < -0.3 is 10.6 Å². The smallest absolute Gasteiger partial charge is 0.322 e. The number of benzene rings is 2. The van der Waals surface area contributed by atoms with Crippen molar-refractivity contribution in [1.82, 2.24) is 16.0 Å². The second kappa shape index (κ2) is 7.79. The summed E-state index contributed by atoms with van der Waals surface area (Å²) < 4.78 is 13.7. The number of urea groups is 1.